The van der Waals surface area contributed by atoms with E-state index in [1.807, 2.05) is 0 Å². The summed E-state index contributed by atoms with van der Waals surface area (Å²) in [6.07, 6.45) is 0. The summed E-state index contributed by atoms with van der Waals surface area (Å²) in [5.74, 6) is -1.91. The Labute approximate surface area is 129 Å². The summed E-state index contributed by atoms with van der Waals surface area (Å²) >= 11 is 0. The molecule has 0 spiro atoms. The molecule has 5 N–H and O–H groups in total. The van der Waals surface area contributed by atoms with Crippen LogP contribution in [0.5, 0.6) is 23.0 Å². The van der Waals surface area contributed by atoms with Crippen molar-refractivity contribution in [2.45, 2.75) is 0 Å². The van der Waals surface area contributed by atoms with Crippen molar-refractivity contribution in [2.24, 2.45) is 0 Å². The molecular weight excluding hydrogens is 302 g/mol. The Hall–Kier alpha value is -3.35. The summed E-state index contributed by atoms with van der Waals surface area (Å²) < 4.78 is 5.63. The highest BCUT2D eigenvalue weighted by atomic mass is 16.3. The average Bonchev–Trinajstić information content (AvgIpc) is 2.53. The molecule has 7 nitrogen and oxygen atoms in total. The summed E-state index contributed by atoms with van der Waals surface area (Å²) in [7, 11) is 1.51. The van der Waals surface area contributed by atoms with Crippen molar-refractivity contribution in [3.8, 4) is 34.3 Å². The molecule has 0 aliphatic heterocycles. The average molecular weight is 315 g/mol. The van der Waals surface area contributed by atoms with Gasteiger partial charge in [-0.25, -0.2) is 0 Å². The predicted molar refractivity (Wildman–Crippen MR) is 84.1 cm³/mol. The molecule has 0 radical (unpaired) electrons. The smallest absolute Gasteiger partial charge is 0.220 e. The summed E-state index contributed by atoms with van der Waals surface area (Å²) in [6.45, 7) is 0. The number of hydrogen-bond donors (Lipinski definition) is 5. The minimum absolute atomic E-state index is 0.0584. The van der Waals surface area contributed by atoms with E-state index in [0.717, 1.165) is 6.07 Å². The van der Waals surface area contributed by atoms with E-state index in [9.17, 15) is 25.2 Å². The molecule has 3 rings (SSSR count). The standard InChI is InChI=1S/C16H13NO6/c1-17-12-14(21)11-10(6-9(19)13(20)15(11)22)23-16(12)7-2-4-8(18)5-3-7/h2-6,17-20,22H,1H3. The van der Waals surface area contributed by atoms with Crippen molar-refractivity contribution in [3.63, 3.8) is 0 Å². The van der Waals surface area contributed by atoms with E-state index in [1.54, 1.807) is 12.1 Å². The number of aromatic hydroxyl groups is 4. The van der Waals surface area contributed by atoms with Crippen molar-refractivity contribution in [1.82, 2.24) is 0 Å². The van der Waals surface area contributed by atoms with E-state index in [0.29, 0.717) is 5.56 Å². The van der Waals surface area contributed by atoms with Crippen molar-refractivity contribution in [2.75, 3.05) is 12.4 Å². The lowest BCUT2D eigenvalue weighted by atomic mass is 10.1. The van der Waals surface area contributed by atoms with Crippen LogP contribution >= 0.6 is 0 Å². The maximum absolute atomic E-state index is 12.6. The molecule has 0 atom stereocenters. The Kier molecular flexibility index (Phi) is 3.25. The van der Waals surface area contributed by atoms with Crippen LogP contribution in [0.2, 0.25) is 0 Å². The molecule has 0 saturated heterocycles. The first-order valence-electron chi connectivity index (χ1n) is 6.66. The van der Waals surface area contributed by atoms with Crippen molar-refractivity contribution in [3.05, 3.63) is 40.6 Å². The number of phenolic OH excluding ortho intramolecular Hbond substituents is 4. The minimum Gasteiger partial charge on any atom is -0.508 e. The number of anilines is 1. The SMILES string of the molecule is CNc1c(-c2ccc(O)cc2)oc2cc(O)c(O)c(O)c2c1=O. The topological polar surface area (TPSA) is 123 Å². The molecule has 0 fully saturated rings. The maximum Gasteiger partial charge on any atom is 0.220 e. The molecule has 7 heteroatoms. The van der Waals surface area contributed by atoms with Crippen LogP contribution in [0.25, 0.3) is 22.3 Å². The number of nitrogens with one attached hydrogen (secondary N) is 1. The third-order valence-electron chi connectivity index (χ3n) is 3.49. The molecule has 23 heavy (non-hydrogen) atoms. The molecular formula is C16H13NO6. The van der Waals surface area contributed by atoms with Gasteiger partial charge in [0.1, 0.15) is 22.4 Å². The van der Waals surface area contributed by atoms with E-state index in [-0.39, 0.29) is 28.2 Å². The number of rotatable bonds is 2. The maximum atomic E-state index is 12.6. The largest absolute Gasteiger partial charge is 0.508 e. The minimum atomic E-state index is -0.788. The van der Waals surface area contributed by atoms with Crippen LogP contribution < -0.4 is 10.7 Å². The molecule has 1 heterocycles. The van der Waals surface area contributed by atoms with Crippen molar-refractivity contribution in [1.29, 1.82) is 0 Å². The normalized spacial score (nSPS) is 10.8. The zero-order valence-electron chi connectivity index (χ0n) is 12.0. The van der Waals surface area contributed by atoms with Gasteiger partial charge in [-0.1, -0.05) is 0 Å². The second kappa shape index (κ2) is 5.13. The fourth-order valence-corrected chi connectivity index (χ4v) is 2.35. The Morgan fingerprint density at radius 3 is 2.26 bits per heavy atom. The fourth-order valence-electron chi connectivity index (χ4n) is 2.35. The third-order valence-corrected chi connectivity index (χ3v) is 3.49. The van der Waals surface area contributed by atoms with Crippen molar-refractivity contribution >= 4 is 16.7 Å². The summed E-state index contributed by atoms with van der Waals surface area (Å²) in [5, 5.41) is 40.9. The fraction of sp³-hybridized carbons (Fsp3) is 0.0625. The molecule has 3 aromatic rings. The quantitative estimate of drug-likeness (QED) is 0.460. The van der Waals surface area contributed by atoms with Crippen LogP contribution in [0.15, 0.2) is 39.5 Å². The van der Waals surface area contributed by atoms with E-state index in [4.69, 9.17) is 4.42 Å². The Morgan fingerprint density at radius 2 is 1.65 bits per heavy atom. The number of phenols is 4. The molecule has 118 valence electrons. The van der Waals surface area contributed by atoms with Gasteiger partial charge in [0.05, 0.1) is 0 Å². The van der Waals surface area contributed by atoms with Gasteiger partial charge < -0.3 is 30.2 Å². The summed E-state index contributed by atoms with van der Waals surface area (Å²) in [5.41, 5.74) is -0.0868. The number of benzene rings is 2. The molecule has 0 unspecified atom stereocenters. The second-order valence-electron chi connectivity index (χ2n) is 4.90. The van der Waals surface area contributed by atoms with Gasteiger partial charge in [0, 0.05) is 18.7 Å². The molecule has 1 aromatic heterocycles. The molecule has 0 saturated carbocycles. The van der Waals surface area contributed by atoms with Gasteiger partial charge in [-0.2, -0.15) is 0 Å². The van der Waals surface area contributed by atoms with E-state index < -0.39 is 22.7 Å². The number of hydrogen-bond acceptors (Lipinski definition) is 7. The van der Waals surface area contributed by atoms with Gasteiger partial charge in [-0.3, -0.25) is 4.79 Å². The molecule has 0 bridgehead atoms. The van der Waals surface area contributed by atoms with Gasteiger partial charge in [0.15, 0.2) is 17.3 Å². The van der Waals surface area contributed by atoms with Crippen LogP contribution in [-0.4, -0.2) is 27.5 Å². The van der Waals surface area contributed by atoms with Crippen LogP contribution in [0, 0.1) is 0 Å². The highest BCUT2D eigenvalue weighted by Crippen LogP contribution is 2.42. The van der Waals surface area contributed by atoms with Gasteiger partial charge >= 0.3 is 0 Å². The Bertz CT molecular complexity index is 959. The summed E-state index contributed by atoms with van der Waals surface area (Å²) in [6, 6.07) is 7.03. The molecule has 0 aliphatic rings. The van der Waals surface area contributed by atoms with Crippen LogP contribution in [-0.2, 0) is 0 Å². The monoisotopic (exact) mass is 315 g/mol. The second-order valence-corrected chi connectivity index (χ2v) is 4.90. The van der Waals surface area contributed by atoms with Gasteiger partial charge in [0.25, 0.3) is 0 Å². The van der Waals surface area contributed by atoms with Crippen LogP contribution in [0.4, 0.5) is 5.69 Å². The first-order valence-corrected chi connectivity index (χ1v) is 6.66. The Balaban J connectivity index is 2.42. The lowest BCUT2D eigenvalue weighted by Crippen LogP contribution is -2.10. The Morgan fingerprint density at radius 1 is 1.00 bits per heavy atom. The van der Waals surface area contributed by atoms with Crippen LogP contribution in [0.1, 0.15) is 0 Å². The predicted octanol–water partition coefficient (Wildman–Crippen LogP) is 2.32. The first kappa shape index (κ1) is 14.6. The van der Waals surface area contributed by atoms with Gasteiger partial charge in [0.2, 0.25) is 11.2 Å². The first-order chi connectivity index (χ1) is 10.9. The van der Waals surface area contributed by atoms with E-state index >= 15 is 0 Å². The molecule has 0 amide bonds. The lowest BCUT2D eigenvalue weighted by molar-refractivity contribution is 0.370. The van der Waals surface area contributed by atoms with Crippen LogP contribution in [0.3, 0.4) is 0 Å². The summed E-state index contributed by atoms with van der Waals surface area (Å²) in [4.78, 5) is 12.6. The lowest BCUT2D eigenvalue weighted by Gasteiger charge is -2.11. The molecule has 0 aliphatic carbocycles. The highest BCUT2D eigenvalue weighted by Gasteiger charge is 2.21. The van der Waals surface area contributed by atoms with Crippen molar-refractivity contribution < 1.29 is 24.8 Å². The molecule has 2 aromatic carbocycles. The zero-order valence-corrected chi connectivity index (χ0v) is 12.0. The van der Waals surface area contributed by atoms with E-state index in [2.05, 4.69) is 5.32 Å². The van der Waals surface area contributed by atoms with E-state index in [1.165, 1.54) is 19.2 Å². The zero-order chi connectivity index (χ0) is 16.7. The van der Waals surface area contributed by atoms with Gasteiger partial charge in [-0.05, 0) is 24.3 Å². The number of fused-ring (bicyclic) bond motifs is 1. The van der Waals surface area contributed by atoms with Gasteiger partial charge in [-0.15, -0.1) is 0 Å². The third kappa shape index (κ3) is 2.18. The highest BCUT2D eigenvalue weighted by molar-refractivity contribution is 5.93.